The Kier molecular flexibility index (Phi) is 8.68. The van der Waals surface area contributed by atoms with Crippen LogP contribution in [0.15, 0.2) is 12.2 Å². The number of ketones is 2. The van der Waals surface area contributed by atoms with Gasteiger partial charge in [-0.2, -0.15) is 0 Å². The van der Waals surface area contributed by atoms with Gasteiger partial charge in [-0.1, -0.05) is 46.8 Å². The molecule has 0 saturated carbocycles. The first-order chi connectivity index (χ1) is 12.2. The highest BCUT2D eigenvalue weighted by Crippen LogP contribution is 2.50. The van der Waals surface area contributed by atoms with Crippen LogP contribution < -0.4 is 0 Å². The molecule has 1 aliphatic rings. The zero-order chi connectivity index (χ0) is 20.1. The van der Waals surface area contributed by atoms with Crippen LogP contribution in [0.2, 0.25) is 0 Å². The number of hydrogen-bond donors (Lipinski definition) is 1. The molecule has 0 aromatic heterocycles. The first-order valence-electron chi connectivity index (χ1n) is 10.1. The van der Waals surface area contributed by atoms with E-state index in [0.29, 0.717) is 25.2 Å². The largest absolute Gasteiger partial charge is 0.396 e. The predicted molar refractivity (Wildman–Crippen MR) is 105 cm³/mol. The van der Waals surface area contributed by atoms with Gasteiger partial charge < -0.3 is 9.84 Å². The molecule has 0 amide bonds. The number of hydrogen-bond acceptors (Lipinski definition) is 4. The molecule has 1 N–H and O–H groups in total. The second kappa shape index (κ2) is 9.80. The van der Waals surface area contributed by atoms with Crippen molar-refractivity contribution in [2.24, 2.45) is 29.6 Å². The fourth-order valence-electron chi connectivity index (χ4n) is 4.31. The fourth-order valence-corrected chi connectivity index (χ4v) is 4.31. The molecule has 4 heteroatoms. The van der Waals surface area contributed by atoms with Crippen LogP contribution in [-0.2, 0) is 14.3 Å². The van der Waals surface area contributed by atoms with E-state index in [1.807, 2.05) is 33.8 Å². The van der Waals surface area contributed by atoms with Gasteiger partial charge in [-0.15, -0.1) is 0 Å². The average Bonchev–Trinajstić information content (AvgIpc) is 3.29. The molecule has 26 heavy (non-hydrogen) atoms. The van der Waals surface area contributed by atoms with E-state index in [-0.39, 0.29) is 47.6 Å². The van der Waals surface area contributed by atoms with Gasteiger partial charge in [-0.05, 0) is 32.1 Å². The van der Waals surface area contributed by atoms with Crippen LogP contribution >= 0.6 is 0 Å². The van der Waals surface area contributed by atoms with E-state index < -0.39 is 5.92 Å². The lowest BCUT2D eigenvalue weighted by Crippen LogP contribution is -2.39. The summed E-state index contributed by atoms with van der Waals surface area (Å²) in [5.41, 5.74) is -0.308. The molecular formula is C22H38O4. The Morgan fingerprint density at radius 3 is 2.27 bits per heavy atom. The molecule has 0 aliphatic carbocycles. The zero-order valence-corrected chi connectivity index (χ0v) is 17.6. The average molecular weight is 367 g/mol. The van der Waals surface area contributed by atoms with Crippen molar-refractivity contribution in [1.82, 2.24) is 0 Å². The second-order valence-electron chi connectivity index (χ2n) is 8.18. The molecule has 4 nitrogen and oxygen atoms in total. The van der Waals surface area contributed by atoms with Gasteiger partial charge in [0, 0.05) is 30.6 Å². The summed E-state index contributed by atoms with van der Waals surface area (Å²) in [7, 11) is 0. The van der Waals surface area contributed by atoms with Gasteiger partial charge in [0.05, 0.1) is 18.3 Å². The third-order valence-electron chi connectivity index (χ3n) is 6.37. The molecule has 1 unspecified atom stereocenters. The number of ether oxygens (including phenoxy) is 1. The number of aliphatic hydroxyl groups excluding tert-OH is 1. The Hall–Kier alpha value is -1.00. The maximum atomic E-state index is 13.2. The van der Waals surface area contributed by atoms with E-state index in [4.69, 9.17) is 4.74 Å². The van der Waals surface area contributed by atoms with Crippen LogP contribution in [0.3, 0.4) is 0 Å². The van der Waals surface area contributed by atoms with Gasteiger partial charge in [0.15, 0.2) is 0 Å². The Morgan fingerprint density at radius 2 is 1.81 bits per heavy atom. The van der Waals surface area contributed by atoms with Crippen molar-refractivity contribution in [3.63, 3.8) is 0 Å². The van der Waals surface area contributed by atoms with Gasteiger partial charge in [0.25, 0.3) is 0 Å². The lowest BCUT2D eigenvalue weighted by atomic mass is 9.71. The van der Waals surface area contributed by atoms with Gasteiger partial charge in [0.2, 0.25) is 0 Å². The Bertz CT molecular complexity index is 512. The highest BCUT2D eigenvalue weighted by Gasteiger charge is 2.59. The van der Waals surface area contributed by atoms with Crippen molar-refractivity contribution in [1.29, 1.82) is 0 Å². The van der Waals surface area contributed by atoms with Gasteiger partial charge in [-0.25, -0.2) is 0 Å². The van der Waals surface area contributed by atoms with Gasteiger partial charge >= 0.3 is 0 Å². The Labute approximate surface area is 159 Å². The summed E-state index contributed by atoms with van der Waals surface area (Å²) in [6.07, 6.45) is 5.85. The minimum absolute atomic E-state index is 0.0702. The number of carbonyl (C=O) groups is 2. The highest BCUT2D eigenvalue weighted by atomic mass is 16.6. The fraction of sp³-hybridized carbons (Fsp3) is 0.818. The molecule has 1 fully saturated rings. The first-order valence-corrected chi connectivity index (χ1v) is 10.1. The van der Waals surface area contributed by atoms with Gasteiger partial charge in [0.1, 0.15) is 11.6 Å². The van der Waals surface area contributed by atoms with Gasteiger partial charge in [-0.3, -0.25) is 9.59 Å². The van der Waals surface area contributed by atoms with Crippen LogP contribution in [0.5, 0.6) is 0 Å². The number of rotatable bonds is 12. The number of allylic oxidation sites excluding steroid dienone is 1. The van der Waals surface area contributed by atoms with Crippen LogP contribution in [0.25, 0.3) is 0 Å². The number of carbonyl (C=O) groups excluding carboxylic acids is 2. The predicted octanol–water partition coefficient (Wildman–Crippen LogP) is 4.20. The maximum absolute atomic E-state index is 13.2. The van der Waals surface area contributed by atoms with Crippen molar-refractivity contribution in [2.45, 2.75) is 79.4 Å². The lowest BCUT2D eigenvalue weighted by Gasteiger charge is -2.31. The highest BCUT2D eigenvalue weighted by molar-refractivity contribution is 5.85. The number of aliphatic hydroxyl groups is 1. The van der Waals surface area contributed by atoms with E-state index in [9.17, 15) is 14.7 Å². The summed E-state index contributed by atoms with van der Waals surface area (Å²) in [6.45, 7) is 13.9. The molecule has 0 aromatic carbocycles. The molecule has 1 rings (SSSR count). The Morgan fingerprint density at radius 1 is 1.19 bits per heavy atom. The molecule has 7 atom stereocenters. The third-order valence-corrected chi connectivity index (χ3v) is 6.37. The number of Topliss-reactive ketones (excluding diaryl/α,β-unsaturated/α-hetero) is 2. The van der Waals surface area contributed by atoms with Crippen molar-refractivity contribution in [2.75, 3.05) is 6.61 Å². The summed E-state index contributed by atoms with van der Waals surface area (Å²) in [6, 6.07) is 0. The van der Waals surface area contributed by atoms with Crippen molar-refractivity contribution in [3.8, 4) is 0 Å². The van der Waals surface area contributed by atoms with Crippen LogP contribution in [0.1, 0.15) is 67.7 Å². The standard InChI is InChI=1S/C22H38O4/c1-8-11-14(4)21-22(7,26-21)16(6)18(10-3)20(25)19(13-23)15(5)12-17(24)9-2/h8,11,14-16,18-19,21,23H,9-10,12-13H2,1-7H3/b11-8-/t14-,15-,16-,18+,19-,21+,22?/m0/s1. The SMILES string of the molecule is C/C=C\[C@H](C)[C@H]1OC1(C)[C@@H](C)[C@@H](CC)C(=O)[C@@H](CO)[C@@H](C)CC(=O)CC. The van der Waals surface area contributed by atoms with Crippen LogP contribution in [-0.4, -0.2) is 35.0 Å². The van der Waals surface area contributed by atoms with Crippen molar-refractivity contribution < 1.29 is 19.4 Å². The summed E-state index contributed by atoms with van der Waals surface area (Å²) < 4.78 is 6.05. The van der Waals surface area contributed by atoms with E-state index in [1.54, 1.807) is 0 Å². The number of epoxide rings is 1. The molecule has 1 aliphatic heterocycles. The summed E-state index contributed by atoms with van der Waals surface area (Å²) in [4.78, 5) is 25.0. The molecule has 0 aromatic rings. The summed E-state index contributed by atoms with van der Waals surface area (Å²) in [5.74, 6) is -0.177. The minimum Gasteiger partial charge on any atom is -0.396 e. The van der Waals surface area contributed by atoms with E-state index in [0.717, 1.165) is 0 Å². The lowest BCUT2D eigenvalue weighted by molar-refractivity contribution is -0.133. The van der Waals surface area contributed by atoms with E-state index in [1.165, 1.54) is 0 Å². The molecule has 0 radical (unpaired) electrons. The summed E-state index contributed by atoms with van der Waals surface area (Å²) >= 11 is 0. The van der Waals surface area contributed by atoms with Crippen LogP contribution in [0.4, 0.5) is 0 Å². The van der Waals surface area contributed by atoms with Crippen molar-refractivity contribution in [3.05, 3.63) is 12.2 Å². The second-order valence-corrected chi connectivity index (χ2v) is 8.18. The Balaban J connectivity index is 2.88. The summed E-state index contributed by atoms with van der Waals surface area (Å²) in [5, 5.41) is 9.83. The monoisotopic (exact) mass is 366 g/mol. The third kappa shape index (κ3) is 5.04. The van der Waals surface area contributed by atoms with Crippen molar-refractivity contribution >= 4 is 11.6 Å². The first kappa shape index (κ1) is 23.0. The van der Waals surface area contributed by atoms with E-state index >= 15 is 0 Å². The normalized spacial score (nSPS) is 28.4. The topological polar surface area (TPSA) is 66.9 Å². The quantitative estimate of drug-likeness (QED) is 0.415. The maximum Gasteiger partial charge on any atom is 0.141 e. The minimum atomic E-state index is -0.480. The molecule has 0 spiro atoms. The molecule has 0 bridgehead atoms. The zero-order valence-electron chi connectivity index (χ0n) is 17.6. The molecular weight excluding hydrogens is 328 g/mol. The molecule has 150 valence electrons. The molecule has 1 heterocycles. The smallest absolute Gasteiger partial charge is 0.141 e. The van der Waals surface area contributed by atoms with Crippen LogP contribution in [0, 0.1) is 29.6 Å². The molecule has 1 saturated heterocycles. The van der Waals surface area contributed by atoms with E-state index in [2.05, 4.69) is 26.8 Å².